The molecule has 4 rings (SSSR count). The van der Waals surface area contributed by atoms with Crippen LogP contribution in [0.25, 0.3) is 0 Å². The third-order valence-electron chi connectivity index (χ3n) is 6.13. The molecule has 31 heavy (non-hydrogen) atoms. The smallest absolute Gasteiger partial charge is 0.243 e. The molecule has 0 atom stereocenters. The monoisotopic (exact) mass is 459 g/mol. The van der Waals surface area contributed by atoms with Crippen LogP contribution in [0.1, 0.15) is 25.7 Å². The lowest BCUT2D eigenvalue weighted by atomic mass is 9.97. The van der Waals surface area contributed by atoms with Gasteiger partial charge in [-0.15, -0.1) is 11.8 Å². The van der Waals surface area contributed by atoms with Crippen LogP contribution in [0.15, 0.2) is 58.3 Å². The van der Waals surface area contributed by atoms with Crippen molar-refractivity contribution in [1.29, 1.82) is 0 Å². The van der Waals surface area contributed by atoms with Gasteiger partial charge in [-0.05, 0) is 80.5 Å². The number of amides is 1. The highest BCUT2D eigenvalue weighted by atomic mass is 32.2. The predicted molar refractivity (Wildman–Crippen MR) is 126 cm³/mol. The van der Waals surface area contributed by atoms with Crippen molar-refractivity contribution in [2.75, 3.05) is 42.7 Å². The third kappa shape index (κ3) is 5.07. The number of carbonyl (C=O) groups is 1. The van der Waals surface area contributed by atoms with Gasteiger partial charge in [0.15, 0.2) is 0 Å². The number of thioether (sulfide) groups is 1. The first-order valence-electron chi connectivity index (χ1n) is 10.8. The van der Waals surface area contributed by atoms with Crippen LogP contribution in [0.4, 0.5) is 11.4 Å². The fourth-order valence-electron chi connectivity index (χ4n) is 4.23. The van der Waals surface area contributed by atoms with Gasteiger partial charge in [0.2, 0.25) is 15.9 Å². The predicted octanol–water partition coefficient (Wildman–Crippen LogP) is 4.05. The Bertz CT molecular complexity index is 993. The van der Waals surface area contributed by atoms with Gasteiger partial charge < -0.3 is 10.2 Å². The zero-order valence-corrected chi connectivity index (χ0v) is 19.4. The molecule has 0 aromatic heterocycles. The van der Waals surface area contributed by atoms with Gasteiger partial charge in [0.25, 0.3) is 0 Å². The molecule has 0 unspecified atom stereocenters. The Morgan fingerprint density at radius 3 is 2.13 bits per heavy atom. The number of hydrogen-bond acceptors (Lipinski definition) is 5. The van der Waals surface area contributed by atoms with Crippen LogP contribution in [0, 0.1) is 5.92 Å². The highest BCUT2D eigenvalue weighted by Crippen LogP contribution is 2.27. The lowest BCUT2D eigenvalue weighted by Crippen LogP contribution is -2.41. The maximum atomic E-state index is 12.9. The zero-order chi connectivity index (χ0) is 21.8. The summed E-state index contributed by atoms with van der Waals surface area (Å²) in [6, 6.07) is 15.0. The molecular weight excluding hydrogens is 430 g/mol. The summed E-state index contributed by atoms with van der Waals surface area (Å²) in [5, 5.41) is 3.00. The molecule has 0 radical (unpaired) electrons. The Hall–Kier alpha value is -2.03. The number of nitrogens with zero attached hydrogens (tertiary/aromatic N) is 2. The molecule has 2 aliphatic rings. The van der Waals surface area contributed by atoms with E-state index >= 15 is 0 Å². The minimum absolute atomic E-state index is 0.0321. The number of sulfonamides is 1. The van der Waals surface area contributed by atoms with Gasteiger partial charge in [-0.25, -0.2) is 8.42 Å². The van der Waals surface area contributed by atoms with E-state index in [1.165, 1.54) is 22.8 Å². The molecular formula is C23H29N3O3S2. The minimum Gasteiger partial charge on any atom is -0.372 e. The van der Waals surface area contributed by atoms with Gasteiger partial charge in [-0.2, -0.15) is 4.31 Å². The molecule has 2 aromatic carbocycles. The van der Waals surface area contributed by atoms with Gasteiger partial charge in [-0.1, -0.05) is 0 Å². The van der Waals surface area contributed by atoms with Crippen LogP contribution in [-0.2, 0) is 14.8 Å². The van der Waals surface area contributed by atoms with Crippen molar-refractivity contribution in [2.45, 2.75) is 35.5 Å². The number of hydrogen-bond donors (Lipinski definition) is 1. The highest BCUT2D eigenvalue weighted by molar-refractivity contribution is 7.98. The van der Waals surface area contributed by atoms with Crippen LogP contribution in [-0.4, -0.2) is 51.1 Å². The average Bonchev–Trinajstić information content (AvgIpc) is 3.35. The van der Waals surface area contributed by atoms with Crippen molar-refractivity contribution in [2.24, 2.45) is 5.92 Å². The fraction of sp³-hybridized carbons (Fsp3) is 0.435. The van der Waals surface area contributed by atoms with Crippen LogP contribution in [0.3, 0.4) is 0 Å². The molecule has 0 saturated carbocycles. The second-order valence-electron chi connectivity index (χ2n) is 8.08. The molecule has 2 aromatic rings. The Morgan fingerprint density at radius 1 is 0.935 bits per heavy atom. The van der Waals surface area contributed by atoms with Crippen LogP contribution >= 0.6 is 11.8 Å². The first kappa shape index (κ1) is 22.2. The van der Waals surface area contributed by atoms with E-state index in [9.17, 15) is 13.2 Å². The Morgan fingerprint density at radius 2 is 1.55 bits per heavy atom. The van der Waals surface area contributed by atoms with Gasteiger partial charge in [0, 0.05) is 48.4 Å². The first-order valence-corrected chi connectivity index (χ1v) is 13.4. The maximum absolute atomic E-state index is 12.9. The molecule has 0 aliphatic carbocycles. The van der Waals surface area contributed by atoms with Crippen molar-refractivity contribution < 1.29 is 13.2 Å². The van der Waals surface area contributed by atoms with E-state index in [1.54, 1.807) is 23.9 Å². The standard InChI is InChI=1S/C23H29N3O3S2/c1-30-21-8-10-22(11-9-21)31(28,29)26-16-12-18(13-17-26)23(27)24-19-4-6-20(7-5-19)25-14-2-3-15-25/h4-11,18H,2-3,12-17H2,1H3,(H,24,27). The molecule has 1 N–H and O–H groups in total. The molecule has 2 fully saturated rings. The molecule has 0 spiro atoms. The van der Waals surface area contributed by atoms with E-state index in [0.29, 0.717) is 30.8 Å². The Kier molecular flexibility index (Phi) is 6.89. The molecule has 0 bridgehead atoms. The van der Waals surface area contributed by atoms with Crippen molar-refractivity contribution in [3.05, 3.63) is 48.5 Å². The van der Waals surface area contributed by atoms with E-state index in [4.69, 9.17) is 0 Å². The molecule has 2 heterocycles. The summed E-state index contributed by atoms with van der Waals surface area (Å²) in [4.78, 5) is 16.4. The first-order chi connectivity index (χ1) is 15.0. The third-order valence-corrected chi connectivity index (χ3v) is 8.78. The van der Waals surface area contributed by atoms with Crippen molar-refractivity contribution >= 4 is 39.1 Å². The van der Waals surface area contributed by atoms with Crippen LogP contribution < -0.4 is 10.2 Å². The highest BCUT2D eigenvalue weighted by Gasteiger charge is 2.32. The van der Waals surface area contributed by atoms with Crippen molar-refractivity contribution in [1.82, 2.24) is 4.31 Å². The summed E-state index contributed by atoms with van der Waals surface area (Å²) in [6.45, 7) is 2.90. The number of carbonyl (C=O) groups excluding carboxylic acids is 1. The molecule has 6 nitrogen and oxygen atoms in total. The summed E-state index contributed by atoms with van der Waals surface area (Å²) in [7, 11) is -3.52. The average molecular weight is 460 g/mol. The van der Waals surface area contributed by atoms with Gasteiger partial charge in [-0.3, -0.25) is 4.79 Å². The Labute approximate surface area is 189 Å². The second-order valence-corrected chi connectivity index (χ2v) is 10.9. The zero-order valence-electron chi connectivity index (χ0n) is 17.8. The lowest BCUT2D eigenvalue weighted by molar-refractivity contribution is -0.120. The van der Waals surface area contributed by atoms with Gasteiger partial charge >= 0.3 is 0 Å². The maximum Gasteiger partial charge on any atom is 0.243 e. The SMILES string of the molecule is CSc1ccc(S(=O)(=O)N2CCC(C(=O)Nc3ccc(N4CCCC4)cc3)CC2)cc1. The minimum atomic E-state index is -3.52. The summed E-state index contributed by atoms with van der Waals surface area (Å²) < 4.78 is 27.3. The van der Waals surface area contributed by atoms with E-state index < -0.39 is 10.0 Å². The Balaban J connectivity index is 1.32. The molecule has 166 valence electrons. The van der Waals surface area contributed by atoms with Crippen molar-refractivity contribution in [3.8, 4) is 0 Å². The van der Waals surface area contributed by atoms with Crippen LogP contribution in [0.5, 0.6) is 0 Å². The van der Waals surface area contributed by atoms with E-state index in [-0.39, 0.29) is 11.8 Å². The van der Waals surface area contributed by atoms with Gasteiger partial charge in [0.05, 0.1) is 4.90 Å². The summed E-state index contributed by atoms with van der Waals surface area (Å²) in [6.07, 6.45) is 5.48. The van der Waals surface area contributed by atoms with E-state index in [2.05, 4.69) is 22.3 Å². The van der Waals surface area contributed by atoms with Crippen LogP contribution in [0.2, 0.25) is 0 Å². The quantitative estimate of drug-likeness (QED) is 0.660. The molecule has 1 amide bonds. The van der Waals surface area contributed by atoms with E-state index in [1.807, 2.05) is 30.5 Å². The second kappa shape index (κ2) is 9.63. The number of rotatable bonds is 6. The molecule has 2 saturated heterocycles. The number of anilines is 2. The van der Waals surface area contributed by atoms with Gasteiger partial charge in [0.1, 0.15) is 0 Å². The summed E-state index contributed by atoms with van der Waals surface area (Å²) in [5.41, 5.74) is 1.98. The summed E-state index contributed by atoms with van der Waals surface area (Å²) >= 11 is 1.58. The number of piperidine rings is 1. The normalized spacial score (nSPS) is 18.3. The van der Waals surface area contributed by atoms with E-state index in [0.717, 1.165) is 23.7 Å². The summed E-state index contributed by atoms with van der Waals surface area (Å²) in [5.74, 6) is -0.209. The molecule has 8 heteroatoms. The number of nitrogens with one attached hydrogen (secondary N) is 1. The van der Waals surface area contributed by atoms with Crippen molar-refractivity contribution in [3.63, 3.8) is 0 Å². The number of benzene rings is 2. The lowest BCUT2D eigenvalue weighted by Gasteiger charge is -2.30. The fourth-order valence-corrected chi connectivity index (χ4v) is 6.11. The molecule has 2 aliphatic heterocycles. The largest absolute Gasteiger partial charge is 0.372 e. The topological polar surface area (TPSA) is 69.7 Å².